The molecule has 0 radical (unpaired) electrons. The van der Waals surface area contributed by atoms with E-state index in [4.69, 9.17) is 0 Å². The Morgan fingerprint density at radius 1 is 1.25 bits per heavy atom. The van der Waals surface area contributed by atoms with Gasteiger partial charge in [-0.1, -0.05) is 32.6 Å². The van der Waals surface area contributed by atoms with Gasteiger partial charge in [0.25, 0.3) is 0 Å². The molecule has 0 aromatic heterocycles. The summed E-state index contributed by atoms with van der Waals surface area (Å²) >= 11 is 0. The molecule has 0 heterocycles. The average molecular weight is 245 g/mol. The standard InChI is InChI=1S/C13H27NOS/c1-3-5-12-6-4-7-13(9-8-12)14-10-11-16(2)15/h12-14H,3-11H2,1-2H3. The quantitative estimate of drug-likeness (QED) is 0.729. The Bertz CT molecular complexity index is 208. The van der Waals surface area contributed by atoms with E-state index in [9.17, 15) is 4.21 Å². The normalized spacial score (nSPS) is 28.6. The smallest absolute Gasteiger partial charge is 0.0357 e. The van der Waals surface area contributed by atoms with Gasteiger partial charge in [-0.15, -0.1) is 0 Å². The number of rotatable bonds is 6. The van der Waals surface area contributed by atoms with Crippen LogP contribution in [-0.2, 0) is 10.8 Å². The monoisotopic (exact) mass is 245 g/mol. The molecule has 1 fully saturated rings. The Hall–Kier alpha value is 0.110. The van der Waals surface area contributed by atoms with Gasteiger partial charge in [0.15, 0.2) is 0 Å². The van der Waals surface area contributed by atoms with Crippen molar-refractivity contribution in [3.05, 3.63) is 0 Å². The summed E-state index contributed by atoms with van der Waals surface area (Å²) in [4.78, 5) is 0. The minimum Gasteiger partial charge on any atom is -0.313 e. The third-order valence-corrected chi connectivity index (χ3v) is 4.39. The van der Waals surface area contributed by atoms with Crippen molar-refractivity contribution in [3.8, 4) is 0 Å². The molecule has 2 nitrogen and oxygen atoms in total. The lowest BCUT2D eigenvalue weighted by Gasteiger charge is -2.16. The third-order valence-electron chi connectivity index (χ3n) is 3.61. The summed E-state index contributed by atoms with van der Waals surface area (Å²) in [5.41, 5.74) is 0. The molecule has 0 spiro atoms. The molecule has 0 aromatic rings. The first-order valence-electron chi connectivity index (χ1n) is 6.75. The summed E-state index contributed by atoms with van der Waals surface area (Å²) in [6.07, 6.45) is 11.3. The van der Waals surface area contributed by atoms with Crippen LogP contribution in [-0.4, -0.2) is 28.8 Å². The maximum absolute atomic E-state index is 11.0. The molecular formula is C13H27NOS. The van der Waals surface area contributed by atoms with Crippen molar-refractivity contribution in [2.45, 2.75) is 57.9 Å². The third kappa shape index (κ3) is 6.00. The molecule has 1 aliphatic carbocycles. The van der Waals surface area contributed by atoms with Gasteiger partial charge >= 0.3 is 0 Å². The molecule has 96 valence electrons. The first-order chi connectivity index (χ1) is 7.72. The summed E-state index contributed by atoms with van der Waals surface area (Å²) in [5.74, 6) is 1.77. The molecule has 0 aliphatic heterocycles. The Kier molecular flexibility index (Phi) is 7.30. The van der Waals surface area contributed by atoms with Crippen molar-refractivity contribution in [1.82, 2.24) is 5.32 Å². The maximum atomic E-state index is 11.0. The van der Waals surface area contributed by atoms with E-state index in [1.165, 1.54) is 44.9 Å². The molecule has 1 N–H and O–H groups in total. The van der Waals surface area contributed by atoms with Crippen molar-refractivity contribution in [1.29, 1.82) is 0 Å². The second-order valence-electron chi connectivity index (χ2n) is 5.09. The van der Waals surface area contributed by atoms with E-state index in [0.29, 0.717) is 6.04 Å². The van der Waals surface area contributed by atoms with E-state index in [-0.39, 0.29) is 0 Å². The SMILES string of the molecule is CCCC1CCCC(NCCS(C)=O)CC1. The second kappa shape index (κ2) is 8.24. The van der Waals surface area contributed by atoms with E-state index in [1.807, 2.05) is 0 Å². The zero-order valence-corrected chi connectivity index (χ0v) is 11.7. The van der Waals surface area contributed by atoms with Crippen molar-refractivity contribution in [3.63, 3.8) is 0 Å². The molecule has 0 amide bonds. The number of hydrogen-bond acceptors (Lipinski definition) is 2. The molecule has 16 heavy (non-hydrogen) atoms. The van der Waals surface area contributed by atoms with Crippen LogP contribution in [0.3, 0.4) is 0 Å². The fourth-order valence-electron chi connectivity index (χ4n) is 2.69. The zero-order chi connectivity index (χ0) is 11.8. The molecule has 0 saturated heterocycles. The fourth-order valence-corrected chi connectivity index (χ4v) is 3.09. The van der Waals surface area contributed by atoms with Crippen molar-refractivity contribution < 1.29 is 4.21 Å². The van der Waals surface area contributed by atoms with Crippen LogP contribution in [0.15, 0.2) is 0 Å². The zero-order valence-electron chi connectivity index (χ0n) is 10.8. The predicted octanol–water partition coefficient (Wildman–Crippen LogP) is 2.70. The summed E-state index contributed by atoms with van der Waals surface area (Å²) < 4.78 is 11.0. The topological polar surface area (TPSA) is 29.1 Å². The van der Waals surface area contributed by atoms with E-state index in [2.05, 4.69) is 12.2 Å². The van der Waals surface area contributed by atoms with Gasteiger partial charge in [0.05, 0.1) is 0 Å². The summed E-state index contributed by atoms with van der Waals surface area (Å²) in [6, 6.07) is 0.686. The average Bonchev–Trinajstić information content (AvgIpc) is 2.44. The highest BCUT2D eigenvalue weighted by Gasteiger charge is 2.17. The Morgan fingerprint density at radius 3 is 2.75 bits per heavy atom. The van der Waals surface area contributed by atoms with Crippen LogP contribution in [0, 0.1) is 5.92 Å². The molecule has 0 bridgehead atoms. The molecule has 1 saturated carbocycles. The molecular weight excluding hydrogens is 218 g/mol. The first kappa shape index (κ1) is 14.2. The molecule has 3 unspecified atom stereocenters. The van der Waals surface area contributed by atoms with Crippen molar-refractivity contribution in [2.24, 2.45) is 5.92 Å². The van der Waals surface area contributed by atoms with Crippen LogP contribution in [0.4, 0.5) is 0 Å². The Morgan fingerprint density at radius 2 is 2.06 bits per heavy atom. The molecule has 3 atom stereocenters. The Balaban J connectivity index is 2.17. The highest BCUT2D eigenvalue weighted by Crippen LogP contribution is 2.26. The van der Waals surface area contributed by atoms with Crippen LogP contribution >= 0.6 is 0 Å². The van der Waals surface area contributed by atoms with Gasteiger partial charge in [0.1, 0.15) is 0 Å². The van der Waals surface area contributed by atoms with E-state index in [1.54, 1.807) is 6.26 Å². The van der Waals surface area contributed by atoms with Crippen molar-refractivity contribution in [2.75, 3.05) is 18.6 Å². The molecule has 1 rings (SSSR count). The molecule has 1 aliphatic rings. The number of nitrogens with one attached hydrogen (secondary N) is 1. The van der Waals surface area contributed by atoms with Gasteiger partial charge in [-0.05, 0) is 25.2 Å². The molecule has 0 aromatic carbocycles. The lowest BCUT2D eigenvalue weighted by atomic mass is 9.95. The summed E-state index contributed by atoms with van der Waals surface area (Å²) in [5, 5.41) is 3.56. The molecule has 3 heteroatoms. The maximum Gasteiger partial charge on any atom is 0.0357 e. The second-order valence-corrected chi connectivity index (χ2v) is 6.65. The van der Waals surface area contributed by atoms with Crippen molar-refractivity contribution >= 4 is 10.8 Å². The van der Waals surface area contributed by atoms with Gasteiger partial charge in [0.2, 0.25) is 0 Å². The highest BCUT2D eigenvalue weighted by molar-refractivity contribution is 7.84. The van der Waals surface area contributed by atoms with E-state index in [0.717, 1.165) is 18.2 Å². The van der Waals surface area contributed by atoms with Gasteiger partial charge in [-0.2, -0.15) is 0 Å². The lowest BCUT2D eigenvalue weighted by Crippen LogP contribution is -2.31. The predicted molar refractivity (Wildman–Crippen MR) is 72.2 cm³/mol. The fraction of sp³-hybridized carbons (Fsp3) is 1.00. The van der Waals surface area contributed by atoms with Gasteiger partial charge in [0, 0.05) is 35.4 Å². The van der Waals surface area contributed by atoms with Gasteiger partial charge < -0.3 is 5.32 Å². The van der Waals surface area contributed by atoms with Gasteiger partial charge in [-0.3, -0.25) is 4.21 Å². The first-order valence-corrected chi connectivity index (χ1v) is 8.48. The highest BCUT2D eigenvalue weighted by atomic mass is 32.2. The van der Waals surface area contributed by atoms with Crippen LogP contribution in [0.25, 0.3) is 0 Å². The summed E-state index contributed by atoms with van der Waals surface area (Å²) in [7, 11) is -0.647. The minimum absolute atomic E-state index is 0.647. The largest absolute Gasteiger partial charge is 0.313 e. The Labute approximate surface area is 103 Å². The summed E-state index contributed by atoms with van der Waals surface area (Å²) in [6.45, 7) is 3.21. The van der Waals surface area contributed by atoms with E-state index < -0.39 is 10.8 Å². The number of hydrogen-bond donors (Lipinski definition) is 1. The van der Waals surface area contributed by atoms with Crippen LogP contribution in [0.1, 0.15) is 51.9 Å². The van der Waals surface area contributed by atoms with E-state index >= 15 is 0 Å². The van der Waals surface area contributed by atoms with Crippen LogP contribution in [0.2, 0.25) is 0 Å². The lowest BCUT2D eigenvalue weighted by molar-refractivity contribution is 0.412. The minimum atomic E-state index is -0.647. The van der Waals surface area contributed by atoms with Gasteiger partial charge in [-0.25, -0.2) is 0 Å². The van der Waals surface area contributed by atoms with Crippen LogP contribution in [0.5, 0.6) is 0 Å². The van der Waals surface area contributed by atoms with Crippen LogP contribution < -0.4 is 5.32 Å².